The van der Waals surface area contributed by atoms with Crippen molar-refractivity contribution in [1.82, 2.24) is 9.80 Å². The van der Waals surface area contributed by atoms with Gasteiger partial charge in [-0.15, -0.1) is 11.8 Å². The van der Waals surface area contributed by atoms with Crippen LogP contribution in [0.5, 0.6) is 0 Å². The SMILES string of the molecule is Cc1ccc(CCC2CCN(C(=O)c3ccccc3SCC(=O)N(C)C)CC2)cc1. The van der Waals surface area contributed by atoms with Crippen LogP contribution in [0.15, 0.2) is 53.4 Å². The molecule has 1 heterocycles. The third kappa shape index (κ3) is 6.11. The zero-order valence-corrected chi connectivity index (χ0v) is 19.1. The van der Waals surface area contributed by atoms with Crippen LogP contribution in [-0.4, -0.2) is 54.6 Å². The molecule has 160 valence electrons. The van der Waals surface area contributed by atoms with Gasteiger partial charge in [-0.1, -0.05) is 42.0 Å². The predicted octanol–water partition coefficient (Wildman–Crippen LogP) is 4.66. The van der Waals surface area contributed by atoms with Gasteiger partial charge in [-0.25, -0.2) is 0 Å². The highest BCUT2D eigenvalue weighted by atomic mass is 32.2. The van der Waals surface area contributed by atoms with Crippen LogP contribution in [0.25, 0.3) is 0 Å². The summed E-state index contributed by atoms with van der Waals surface area (Å²) in [6, 6.07) is 16.5. The molecule has 3 rings (SSSR count). The van der Waals surface area contributed by atoms with Crippen molar-refractivity contribution in [2.24, 2.45) is 5.92 Å². The summed E-state index contributed by atoms with van der Waals surface area (Å²) in [6.45, 7) is 3.74. The molecule has 0 radical (unpaired) electrons. The third-order valence-electron chi connectivity index (χ3n) is 5.83. The van der Waals surface area contributed by atoms with E-state index in [4.69, 9.17) is 0 Å². The van der Waals surface area contributed by atoms with Gasteiger partial charge in [0.05, 0.1) is 11.3 Å². The summed E-state index contributed by atoms with van der Waals surface area (Å²) in [6.07, 6.45) is 4.42. The second-order valence-corrected chi connectivity index (χ2v) is 9.35. The number of hydrogen-bond acceptors (Lipinski definition) is 3. The monoisotopic (exact) mass is 424 g/mol. The van der Waals surface area contributed by atoms with E-state index in [-0.39, 0.29) is 11.8 Å². The molecule has 0 aliphatic carbocycles. The van der Waals surface area contributed by atoms with Crippen LogP contribution in [0.4, 0.5) is 0 Å². The number of hydrogen-bond donors (Lipinski definition) is 0. The molecule has 1 aliphatic rings. The first-order chi connectivity index (χ1) is 14.4. The molecule has 0 bridgehead atoms. The fourth-order valence-electron chi connectivity index (χ4n) is 3.76. The van der Waals surface area contributed by atoms with Crippen molar-refractivity contribution in [2.75, 3.05) is 32.9 Å². The van der Waals surface area contributed by atoms with Gasteiger partial charge in [-0.2, -0.15) is 0 Å². The molecule has 4 nitrogen and oxygen atoms in total. The average molecular weight is 425 g/mol. The number of likely N-dealkylation sites (tertiary alicyclic amines) is 1. The van der Waals surface area contributed by atoms with Gasteiger partial charge in [0.1, 0.15) is 0 Å². The van der Waals surface area contributed by atoms with E-state index < -0.39 is 0 Å². The van der Waals surface area contributed by atoms with E-state index in [2.05, 4.69) is 31.2 Å². The van der Waals surface area contributed by atoms with Crippen molar-refractivity contribution >= 4 is 23.6 Å². The topological polar surface area (TPSA) is 40.6 Å². The second-order valence-electron chi connectivity index (χ2n) is 8.33. The summed E-state index contributed by atoms with van der Waals surface area (Å²) in [5.74, 6) is 1.17. The molecule has 0 N–H and O–H groups in total. The summed E-state index contributed by atoms with van der Waals surface area (Å²) < 4.78 is 0. The van der Waals surface area contributed by atoms with Gasteiger partial charge in [-0.3, -0.25) is 9.59 Å². The number of aryl methyl sites for hydroxylation is 2. The van der Waals surface area contributed by atoms with Crippen molar-refractivity contribution in [2.45, 2.75) is 37.5 Å². The second kappa shape index (κ2) is 10.7. The maximum absolute atomic E-state index is 13.1. The molecule has 5 heteroatoms. The van der Waals surface area contributed by atoms with Gasteiger partial charge >= 0.3 is 0 Å². The summed E-state index contributed by atoms with van der Waals surface area (Å²) in [5, 5.41) is 0. The fourth-order valence-corrected chi connectivity index (χ4v) is 4.78. The van der Waals surface area contributed by atoms with E-state index in [9.17, 15) is 9.59 Å². The third-order valence-corrected chi connectivity index (χ3v) is 6.89. The number of benzene rings is 2. The van der Waals surface area contributed by atoms with Crippen LogP contribution < -0.4 is 0 Å². The Hall–Kier alpha value is -2.27. The minimum Gasteiger partial charge on any atom is -0.348 e. The lowest BCUT2D eigenvalue weighted by Gasteiger charge is -2.32. The highest BCUT2D eigenvalue weighted by Crippen LogP contribution is 2.27. The minimum atomic E-state index is 0.0524. The number of nitrogens with zero attached hydrogens (tertiary/aromatic N) is 2. The number of carbonyl (C=O) groups is 2. The molecule has 30 heavy (non-hydrogen) atoms. The molecule has 2 aromatic carbocycles. The molecule has 0 spiro atoms. The molecule has 0 aromatic heterocycles. The van der Waals surface area contributed by atoms with Gasteiger partial charge in [0.2, 0.25) is 5.91 Å². The molecule has 0 unspecified atom stereocenters. The van der Waals surface area contributed by atoms with Crippen molar-refractivity contribution in [3.63, 3.8) is 0 Å². The number of carbonyl (C=O) groups excluding carboxylic acids is 2. The Labute approximate surface area is 184 Å². The molecular formula is C25H32N2O2S. The highest BCUT2D eigenvalue weighted by molar-refractivity contribution is 8.00. The maximum Gasteiger partial charge on any atom is 0.254 e. The zero-order chi connectivity index (χ0) is 21.5. The van der Waals surface area contributed by atoms with E-state index >= 15 is 0 Å². The first kappa shape index (κ1) is 22.4. The lowest BCUT2D eigenvalue weighted by atomic mass is 9.90. The largest absolute Gasteiger partial charge is 0.348 e. The van der Waals surface area contributed by atoms with Crippen LogP contribution in [0.2, 0.25) is 0 Å². The number of amides is 2. The first-order valence-corrected chi connectivity index (χ1v) is 11.7. The normalized spacial score (nSPS) is 14.6. The quantitative estimate of drug-likeness (QED) is 0.607. The van der Waals surface area contributed by atoms with Crippen molar-refractivity contribution in [3.8, 4) is 0 Å². The molecule has 1 aliphatic heterocycles. The van der Waals surface area contributed by atoms with Crippen LogP contribution in [0.1, 0.15) is 40.7 Å². The Morgan fingerprint density at radius 2 is 1.70 bits per heavy atom. The lowest BCUT2D eigenvalue weighted by Crippen LogP contribution is -2.38. The van der Waals surface area contributed by atoms with Crippen molar-refractivity contribution in [3.05, 3.63) is 65.2 Å². The molecule has 2 aromatic rings. The van der Waals surface area contributed by atoms with E-state index in [1.165, 1.54) is 29.3 Å². The van der Waals surface area contributed by atoms with Gasteiger partial charge in [0.15, 0.2) is 0 Å². The van der Waals surface area contributed by atoms with E-state index in [0.717, 1.165) is 37.2 Å². The van der Waals surface area contributed by atoms with Crippen molar-refractivity contribution < 1.29 is 9.59 Å². The average Bonchev–Trinajstić information content (AvgIpc) is 2.77. The molecular weight excluding hydrogens is 392 g/mol. The van der Waals surface area contributed by atoms with Crippen LogP contribution in [0.3, 0.4) is 0 Å². The van der Waals surface area contributed by atoms with Crippen LogP contribution in [0, 0.1) is 12.8 Å². The van der Waals surface area contributed by atoms with E-state index in [1.807, 2.05) is 29.2 Å². The van der Waals surface area contributed by atoms with Gasteiger partial charge in [-0.05, 0) is 56.2 Å². The lowest BCUT2D eigenvalue weighted by molar-refractivity contribution is -0.125. The molecule has 0 atom stereocenters. The van der Waals surface area contributed by atoms with Crippen molar-refractivity contribution in [1.29, 1.82) is 0 Å². The summed E-state index contributed by atoms with van der Waals surface area (Å²) in [7, 11) is 3.51. The Morgan fingerprint density at radius 3 is 2.37 bits per heavy atom. The zero-order valence-electron chi connectivity index (χ0n) is 18.3. The Morgan fingerprint density at radius 1 is 1.03 bits per heavy atom. The molecule has 1 fully saturated rings. The van der Waals surface area contributed by atoms with E-state index in [0.29, 0.717) is 17.2 Å². The Bertz CT molecular complexity index is 856. The summed E-state index contributed by atoms with van der Waals surface area (Å²) in [4.78, 5) is 29.5. The molecule has 2 amide bonds. The standard InChI is InChI=1S/C25H32N2O2S/c1-19-8-10-20(11-9-19)12-13-21-14-16-27(17-15-21)25(29)22-6-4-5-7-23(22)30-18-24(28)26(2)3/h4-11,21H,12-18H2,1-3H3. The number of rotatable bonds is 7. The number of thioether (sulfide) groups is 1. The van der Waals surface area contributed by atoms with Crippen LogP contribution >= 0.6 is 11.8 Å². The minimum absolute atomic E-state index is 0.0524. The summed E-state index contributed by atoms with van der Waals surface area (Å²) >= 11 is 1.44. The van der Waals surface area contributed by atoms with Crippen LogP contribution in [-0.2, 0) is 11.2 Å². The highest BCUT2D eigenvalue weighted by Gasteiger charge is 2.25. The number of piperidine rings is 1. The smallest absolute Gasteiger partial charge is 0.254 e. The molecule has 1 saturated heterocycles. The fraction of sp³-hybridized carbons (Fsp3) is 0.440. The predicted molar refractivity (Wildman–Crippen MR) is 124 cm³/mol. The molecule has 0 saturated carbocycles. The van der Waals surface area contributed by atoms with Gasteiger partial charge < -0.3 is 9.80 Å². The van der Waals surface area contributed by atoms with Gasteiger partial charge in [0, 0.05) is 32.1 Å². The maximum atomic E-state index is 13.1. The summed E-state index contributed by atoms with van der Waals surface area (Å²) in [5.41, 5.74) is 3.42. The Kier molecular flexibility index (Phi) is 7.97. The first-order valence-electron chi connectivity index (χ1n) is 10.7. The van der Waals surface area contributed by atoms with Gasteiger partial charge in [0.25, 0.3) is 5.91 Å². The van der Waals surface area contributed by atoms with E-state index in [1.54, 1.807) is 19.0 Å². The Balaban J connectivity index is 1.52.